The summed E-state index contributed by atoms with van der Waals surface area (Å²) in [5.74, 6) is 0. The molecule has 6 heteroatoms. The third-order valence-corrected chi connectivity index (χ3v) is 5.38. The summed E-state index contributed by atoms with van der Waals surface area (Å²) in [4.78, 5) is 20.1. The van der Waals surface area contributed by atoms with Crippen molar-refractivity contribution >= 4 is 16.3 Å². The molecule has 3 rings (SSSR count). The highest BCUT2D eigenvalue weighted by Crippen LogP contribution is 2.24. The first-order valence-electron chi connectivity index (χ1n) is 7.52. The molecule has 2 aromatic rings. The van der Waals surface area contributed by atoms with Crippen LogP contribution in [0.1, 0.15) is 37.6 Å². The van der Waals surface area contributed by atoms with Crippen LogP contribution in [-0.4, -0.2) is 32.9 Å². The van der Waals surface area contributed by atoms with Gasteiger partial charge in [-0.25, -0.2) is 4.98 Å². The second-order valence-electron chi connectivity index (χ2n) is 5.92. The Morgan fingerprint density at radius 1 is 1.48 bits per heavy atom. The largest absolute Gasteiger partial charge is 0.329 e. The number of thiazole rings is 1. The van der Waals surface area contributed by atoms with Crippen LogP contribution in [-0.2, 0) is 6.54 Å². The molecule has 2 unspecified atom stereocenters. The molecular weight excluding hydrogens is 284 g/mol. The number of hydrogen-bond donors (Lipinski definition) is 1. The number of nitrogens with zero attached hydrogens (tertiary/aromatic N) is 3. The van der Waals surface area contributed by atoms with Crippen LogP contribution in [0.25, 0.3) is 4.96 Å². The van der Waals surface area contributed by atoms with Crippen molar-refractivity contribution in [1.29, 1.82) is 0 Å². The summed E-state index contributed by atoms with van der Waals surface area (Å²) >= 11 is 1.52. The van der Waals surface area contributed by atoms with Gasteiger partial charge in [-0.05, 0) is 26.7 Å². The SMILES string of the molecule is Cc1csc2nc(CN3C(C)CCCC3CN)cc(=O)n12. The predicted octanol–water partition coefficient (Wildman–Crippen LogP) is 1.77. The molecule has 1 aliphatic rings. The number of aromatic nitrogens is 2. The fraction of sp³-hybridized carbons (Fsp3) is 0.600. The number of piperidine rings is 1. The molecule has 0 saturated carbocycles. The van der Waals surface area contributed by atoms with E-state index in [9.17, 15) is 4.79 Å². The molecule has 2 N–H and O–H groups in total. The molecule has 1 fully saturated rings. The van der Waals surface area contributed by atoms with Crippen LogP contribution in [0.3, 0.4) is 0 Å². The van der Waals surface area contributed by atoms with Gasteiger partial charge in [0.05, 0.1) is 5.69 Å². The second kappa shape index (κ2) is 5.87. The van der Waals surface area contributed by atoms with Crippen molar-refractivity contribution in [3.05, 3.63) is 33.2 Å². The van der Waals surface area contributed by atoms with Crippen molar-refractivity contribution in [2.75, 3.05) is 6.54 Å². The van der Waals surface area contributed by atoms with Gasteiger partial charge in [-0.1, -0.05) is 6.42 Å². The van der Waals surface area contributed by atoms with E-state index in [2.05, 4.69) is 16.8 Å². The van der Waals surface area contributed by atoms with Crippen LogP contribution in [0.4, 0.5) is 0 Å². The van der Waals surface area contributed by atoms with Gasteiger partial charge in [0.15, 0.2) is 4.96 Å². The molecule has 0 radical (unpaired) electrons. The summed E-state index contributed by atoms with van der Waals surface area (Å²) in [6.45, 7) is 5.56. The van der Waals surface area contributed by atoms with Gasteiger partial charge in [0.2, 0.25) is 0 Å². The molecule has 3 heterocycles. The molecule has 2 atom stereocenters. The molecule has 21 heavy (non-hydrogen) atoms. The lowest BCUT2D eigenvalue weighted by atomic mass is 9.96. The maximum atomic E-state index is 12.2. The lowest BCUT2D eigenvalue weighted by Crippen LogP contribution is -2.48. The van der Waals surface area contributed by atoms with Crippen LogP contribution in [0.15, 0.2) is 16.2 Å². The average molecular weight is 306 g/mol. The topological polar surface area (TPSA) is 63.6 Å². The van der Waals surface area contributed by atoms with E-state index in [-0.39, 0.29) is 5.56 Å². The molecular formula is C15H22N4OS. The Morgan fingerprint density at radius 3 is 3.05 bits per heavy atom. The fourth-order valence-corrected chi connectivity index (χ4v) is 4.14. The lowest BCUT2D eigenvalue weighted by Gasteiger charge is -2.40. The van der Waals surface area contributed by atoms with E-state index in [0.29, 0.717) is 25.2 Å². The number of fused-ring (bicyclic) bond motifs is 1. The van der Waals surface area contributed by atoms with Crippen LogP contribution < -0.4 is 11.3 Å². The minimum atomic E-state index is 0.0164. The highest BCUT2D eigenvalue weighted by atomic mass is 32.1. The first kappa shape index (κ1) is 14.7. The Labute approximate surface area is 128 Å². The van der Waals surface area contributed by atoms with Crippen molar-refractivity contribution in [2.24, 2.45) is 5.73 Å². The summed E-state index contributed by atoms with van der Waals surface area (Å²) in [5, 5.41) is 1.97. The van der Waals surface area contributed by atoms with Gasteiger partial charge in [-0.2, -0.15) is 0 Å². The predicted molar refractivity (Wildman–Crippen MR) is 85.8 cm³/mol. The van der Waals surface area contributed by atoms with Crippen molar-refractivity contribution in [3.63, 3.8) is 0 Å². The van der Waals surface area contributed by atoms with Gasteiger partial charge in [0, 0.05) is 42.3 Å². The molecule has 5 nitrogen and oxygen atoms in total. The van der Waals surface area contributed by atoms with Crippen molar-refractivity contribution in [2.45, 2.75) is 51.7 Å². The molecule has 1 aliphatic heterocycles. The summed E-state index contributed by atoms with van der Waals surface area (Å²) in [6.07, 6.45) is 3.56. The smallest absolute Gasteiger partial charge is 0.259 e. The number of likely N-dealkylation sites (tertiary alicyclic amines) is 1. The van der Waals surface area contributed by atoms with Crippen molar-refractivity contribution in [3.8, 4) is 0 Å². The minimum absolute atomic E-state index is 0.0164. The Kier molecular flexibility index (Phi) is 4.10. The molecule has 0 aromatic carbocycles. The van der Waals surface area contributed by atoms with Gasteiger partial charge >= 0.3 is 0 Å². The Bertz CT molecular complexity index is 693. The standard InChI is InChI=1S/C15H22N4OS/c1-10-4-3-5-13(7-16)18(10)8-12-6-14(20)19-11(2)9-21-15(19)17-12/h6,9-10,13H,3-5,7-8,16H2,1-2H3. The van der Waals surface area contributed by atoms with E-state index >= 15 is 0 Å². The molecule has 0 amide bonds. The molecule has 1 saturated heterocycles. The maximum Gasteiger partial charge on any atom is 0.259 e. The summed E-state index contributed by atoms with van der Waals surface area (Å²) < 4.78 is 1.67. The molecule has 0 aliphatic carbocycles. The molecule has 114 valence electrons. The first-order valence-corrected chi connectivity index (χ1v) is 8.40. The van der Waals surface area contributed by atoms with Crippen molar-refractivity contribution in [1.82, 2.24) is 14.3 Å². The monoisotopic (exact) mass is 306 g/mol. The highest BCUT2D eigenvalue weighted by Gasteiger charge is 2.27. The highest BCUT2D eigenvalue weighted by molar-refractivity contribution is 7.15. The molecule has 0 bridgehead atoms. The molecule has 2 aromatic heterocycles. The zero-order chi connectivity index (χ0) is 15.0. The van der Waals surface area contributed by atoms with Crippen LogP contribution >= 0.6 is 11.3 Å². The zero-order valence-electron chi connectivity index (χ0n) is 12.6. The average Bonchev–Trinajstić information content (AvgIpc) is 2.83. The summed E-state index contributed by atoms with van der Waals surface area (Å²) in [7, 11) is 0. The van der Waals surface area contributed by atoms with E-state index in [1.54, 1.807) is 10.5 Å². The summed E-state index contributed by atoms with van der Waals surface area (Å²) in [6, 6.07) is 2.57. The zero-order valence-corrected chi connectivity index (χ0v) is 13.4. The van der Waals surface area contributed by atoms with E-state index in [1.807, 2.05) is 12.3 Å². The Morgan fingerprint density at radius 2 is 2.29 bits per heavy atom. The summed E-state index contributed by atoms with van der Waals surface area (Å²) in [5.41, 5.74) is 7.73. The normalized spacial score (nSPS) is 23.8. The lowest BCUT2D eigenvalue weighted by molar-refractivity contribution is 0.0878. The fourth-order valence-electron chi connectivity index (χ4n) is 3.25. The number of aryl methyl sites for hydroxylation is 1. The van der Waals surface area contributed by atoms with Gasteiger partial charge < -0.3 is 5.73 Å². The van der Waals surface area contributed by atoms with Crippen LogP contribution in [0.2, 0.25) is 0 Å². The third kappa shape index (κ3) is 2.75. The Balaban J connectivity index is 1.91. The van der Waals surface area contributed by atoms with Gasteiger partial charge in [0.25, 0.3) is 5.56 Å². The van der Waals surface area contributed by atoms with E-state index in [0.717, 1.165) is 22.8 Å². The van der Waals surface area contributed by atoms with E-state index < -0.39 is 0 Å². The maximum absolute atomic E-state index is 12.2. The Hall–Kier alpha value is -1.24. The van der Waals surface area contributed by atoms with Gasteiger partial charge in [0.1, 0.15) is 0 Å². The van der Waals surface area contributed by atoms with Gasteiger partial charge in [-0.15, -0.1) is 11.3 Å². The number of hydrogen-bond acceptors (Lipinski definition) is 5. The van der Waals surface area contributed by atoms with E-state index in [4.69, 9.17) is 5.73 Å². The molecule has 0 spiro atoms. The van der Waals surface area contributed by atoms with Crippen LogP contribution in [0, 0.1) is 6.92 Å². The second-order valence-corrected chi connectivity index (χ2v) is 6.76. The number of nitrogens with two attached hydrogens (primary N) is 1. The van der Waals surface area contributed by atoms with Crippen molar-refractivity contribution < 1.29 is 0 Å². The minimum Gasteiger partial charge on any atom is -0.329 e. The quantitative estimate of drug-likeness (QED) is 0.938. The van der Waals surface area contributed by atoms with Crippen LogP contribution in [0.5, 0.6) is 0 Å². The third-order valence-electron chi connectivity index (χ3n) is 4.44. The van der Waals surface area contributed by atoms with E-state index in [1.165, 1.54) is 24.2 Å². The number of rotatable bonds is 3. The first-order chi connectivity index (χ1) is 10.1. The van der Waals surface area contributed by atoms with Gasteiger partial charge in [-0.3, -0.25) is 14.1 Å².